The molecule has 0 unspecified atom stereocenters. The Morgan fingerprint density at radius 2 is 1.94 bits per heavy atom. The van der Waals surface area contributed by atoms with E-state index in [1.807, 2.05) is 45.9 Å². The number of ether oxygens (including phenoxy) is 1. The Hall–Kier alpha value is -2.38. The fraction of sp³-hybridized carbons (Fsp3) is 0.593. The van der Waals surface area contributed by atoms with Crippen molar-refractivity contribution in [2.45, 2.75) is 59.5 Å². The van der Waals surface area contributed by atoms with Crippen molar-refractivity contribution in [3.05, 3.63) is 40.9 Å². The first-order valence-corrected chi connectivity index (χ1v) is 12.9. The molecular formula is C27H37ClN2O5. The SMILES string of the molecule is CCOC(=O)[C@H]1[C@H]2C(=O)N([C@@H](CO)[C@@H](C)CC)[C@H](C(=O)Nc3c(C)cccc3Cl)[C@H]2C=C[C@H]1CC. The number of halogens is 1. The molecule has 0 aromatic heterocycles. The van der Waals surface area contributed by atoms with E-state index in [0.717, 1.165) is 12.0 Å². The van der Waals surface area contributed by atoms with Gasteiger partial charge in [0.25, 0.3) is 0 Å². The molecule has 1 aromatic carbocycles. The van der Waals surface area contributed by atoms with Crippen molar-refractivity contribution in [1.29, 1.82) is 0 Å². The van der Waals surface area contributed by atoms with E-state index in [-0.39, 0.29) is 36.9 Å². The van der Waals surface area contributed by atoms with Gasteiger partial charge < -0.3 is 20.1 Å². The van der Waals surface area contributed by atoms with Gasteiger partial charge in [0.1, 0.15) is 6.04 Å². The molecule has 2 amide bonds. The number of aryl methyl sites for hydroxylation is 1. The molecule has 1 aromatic rings. The van der Waals surface area contributed by atoms with Crippen molar-refractivity contribution in [2.75, 3.05) is 18.5 Å². The smallest absolute Gasteiger partial charge is 0.310 e. The number of hydrogen-bond acceptors (Lipinski definition) is 5. The highest BCUT2D eigenvalue weighted by atomic mass is 35.5. The van der Waals surface area contributed by atoms with Crippen LogP contribution in [0.2, 0.25) is 5.02 Å². The van der Waals surface area contributed by atoms with E-state index in [9.17, 15) is 19.5 Å². The number of likely N-dealkylation sites (tertiary alicyclic amines) is 1. The van der Waals surface area contributed by atoms with Crippen molar-refractivity contribution in [2.24, 2.45) is 29.6 Å². The number of carbonyl (C=O) groups is 3. The van der Waals surface area contributed by atoms with Crippen molar-refractivity contribution in [3.8, 4) is 0 Å². The molecule has 8 heteroatoms. The summed E-state index contributed by atoms with van der Waals surface area (Å²) in [5, 5.41) is 13.7. The maximum absolute atomic E-state index is 14.0. The van der Waals surface area contributed by atoms with Crippen LogP contribution < -0.4 is 5.32 Å². The van der Waals surface area contributed by atoms with Crippen LogP contribution in [-0.4, -0.2) is 53.1 Å². The number of benzene rings is 1. The number of aliphatic hydroxyl groups excluding tert-OH is 1. The number of anilines is 1. The van der Waals surface area contributed by atoms with E-state index in [1.165, 1.54) is 4.90 Å². The van der Waals surface area contributed by atoms with Gasteiger partial charge in [-0.1, -0.05) is 63.1 Å². The lowest BCUT2D eigenvalue weighted by Gasteiger charge is -2.36. The van der Waals surface area contributed by atoms with Gasteiger partial charge in [0.05, 0.1) is 41.8 Å². The largest absolute Gasteiger partial charge is 0.466 e. The van der Waals surface area contributed by atoms with Crippen LogP contribution in [0.5, 0.6) is 0 Å². The Morgan fingerprint density at radius 3 is 2.51 bits per heavy atom. The normalized spacial score (nSPS) is 27.3. The van der Waals surface area contributed by atoms with Crippen LogP contribution in [-0.2, 0) is 19.1 Å². The minimum atomic E-state index is -0.889. The number of nitrogens with one attached hydrogen (secondary N) is 1. The monoisotopic (exact) mass is 504 g/mol. The minimum Gasteiger partial charge on any atom is -0.466 e. The van der Waals surface area contributed by atoms with Gasteiger partial charge in [0.15, 0.2) is 0 Å². The summed E-state index contributed by atoms with van der Waals surface area (Å²) in [7, 11) is 0. The number of fused-ring (bicyclic) bond motifs is 1. The van der Waals surface area contributed by atoms with E-state index in [0.29, 0.717) is 17.1 Å². The molecule has 0 radical (unpaired) electrons. The molecule has 7 nitrogen and oxygen atoms in total. The first-order valence-electron chi connectivity index (χ1n) is 12.6. The summed E-state index contributed by atoms with van der Waals surface area (Å²) in [4.78, 5) is 42.4. The summed E-state index contributed by atoms with van der Waals surface area (Å²) in [5.41, 5.74) is 1.29. The zero-order valence-corrected chi connectivity index (χ0v) is 21.9. The molecule has 7 atom stereocenters. The van der Waals surface area contributed by atoms with E-state index in [2.05, 4.69) is 5.32 Å². The average molecular weight is 505 g/mol. The molecule has 0 bridgehead atoms. The maximum atomic E-state index is 14.0. The van der Waals surface area contributed by atoms with Gasteiger partial charge in [-0.25, -0.2) is 0 Å². The summed E-state index contributed by atoms with van der Waals surface area (Å²) in [5.74, 6) is -3.23. The second-order valence-electron chi connectivity index (χ2n) is 9.58. The number of nitrogens with zero attached hydrogens (tertiary/aromatic N) is 1. The summed E-state index contributed by atoms with van der Waals surface area (Å²) < 4.78 is 5.37. The van der Waals surface area contributed by atoms with Gasteiger partial charge in [0.2, 0.25) is 11.8 Å². The number of carbonyl (C=O) groups excluding carboxylic acids is 3. The molecule has 1 saturated heterocycles. The second kappa shape index (κ2) is 11.6. The zero-order valence-electron chi connectivity index (χ0n) is 21.2. The van der Waals surface area contributed by atoms with Crippen LogP contribution in [0.25, 0.3) is 0 Å². The van der Waals surface area contributed by atoms with Crippen LogP contribution in [0.15, 0.2) is 30.4 Å². The van der Waals surface area contributed by atoms with Gasteiger partial charge >= 0.3 is 5.97 Å². The van der Waals surface area contributed by atoms with Crippen LogP contribution in [0.1, 0.15) is 46.1 Å². The minimum absolute atomic E-state index is 0.0477. The van der Waals surface area contributed by atoms with E-state index in [1.54, 1.807) is 19.1 Å². The number of allylic oxidation sites excluding steroid dienone is 1. The number of esters is 1. The topological polar surface area (TPSA) is 95.9 Å². The molecule has 1 aliphatic carbocycles. The fourth-order valence-corrected chi connectivity index (χ4v) is 5.82. The summed E-state index contributed by atoms with van der Waals surface area (Å²) in [6.45, 7) is 9.44. The molecule has 35 heavy (non-hydrogen) atoms. The summed E-state index contributed by atoms with van der Waals surface area (Å²) in [6.07, 6.45) is 5.23. The van der Waals surface area contributed by atoms with Crippen LogP contribution in [0.3, 0.4) is 0 Å². The van der Waals surface area contributed by atoms with Crippen molar-refractivity contribution >= 4 is 35.1 Å². The fourth-order valence-electron chi connectivity index (χ4n) is 5.55. The number of rotatable bonds is 9. The van der Waals surface area contributed by atoms with Crippen LogP contribution >= 0.6 is 11.6 Å². The van der Waals surface area contributed by atoms with Crippen molar-refractivity contribution in [3.63, 3.8) is 0 Å². The predicted molar refractivity (Wildman–Crippen MR) is 136 cm³/mol. The lowest BCUT2D eigenvalue weighted by molar-refractivity contribution is -0.156. The molecule has 3 rings (SSSR count). The molecule has 0 spiro atoms. The van der Waals surface area contributed by atoms with Gasteiger partial charge in [-0.15, -0.1) is 0 Å². The first-order chi connectivity index (χ1) is 16.7. The first kappa shape index (κ1) is 27.2. The standard InChI is InChI=1S/C27H37ClN2O5/c1-6-15(4)20(14-31)30-24(25(32)29-23-16(5)10-9-11-19(23)28)18-13-12-17(7-2)21(22(18)26(30)33)27(34)35-8-3/h9-13,15,17-18,20-22,24,31H,6-8,14H2,1-5H3,(H,29,32)/t15-,17+,18-,20-,21+,22-,24-/m0/s1. The number of hydrogen-bond donors (Lipinski definition) is 2. The van der Waals surface area contributed by atoms with E-state index >= 15 is 0 Å². The highest BCUT2D eigenvalue weighted by Crippen LogP contribution is 2.47. The van der Waals surface area contributed by atoms with Gasteiger partial charge in [-0.2, -0.15) is 0 Å². The Kier molecular flexibility index (Phi) is 9.00. The molecule has 1 aliphatic heterocycles. The lowest BCUT2D eigenvalue weighted by Crippen LogP contribution is -2.52. The highest BCUT2D eigenvalue weighted by Gasteiger charge is 2.59. The van der Waals surface area contributed by atoms with Crippen LogP contribution in [0, 0.1) is 36.5 Å². The zero-order chi connectivity index (χ0) is 25.9. The Bertz CT molecular complexity index is 960. The maximum Gasteiger partial charge on any atom is 0.310 e. The molecule has 0 saturated carbocycles. The van der Waals surface area contributed by atoms with Gasteiger partial charge in [-0.3, -0.25) is 14.4 Å². The van der Waals surface area contributed by atoms with E-state index in [4.69, 9.17) is 16.3 Å². The van der Waals surface area contributed by atoms with Gasteiger partial charge in [0, 0.05) is 5.92 Å². The molecule has 2 aliphatic rings. The lowest BCUT2D eigenvalue weighted by atomic mass is 9.69. The average Bonchev–Trinajstić information content (AvgIpc) is 3.13. The number of amides is 2. The second-order valence-corrected chi connectivity index (χ2v) is 9.99. The molecular weight excluding hydrogens is 468 g/mol. The third-order valence-corrected chi connectivity index (χ3v) is 7.98. The third kappa shape index (κ3) is 5.12. The summed E-state index contributed by atoms with van der Waals surface area (Å²) >= 11 is 6.37. The van der Waals surface area contributed by atoms with E-state index < -0.39 is 35.8 Å². The molecule has 2 N–H and O–H groups in total. The van der Waals surface area contributed by atoms with Crippen molar-refractivity contribution in [1.82, 2.24) is 4.90 Å². The quantitative estimate of drug-likeness (QED) is 0.388. The summed E-state index contributed by atoms with van der Waals surface area (Å²) in [6, 6.07) is 3.90. The molecule has 192 valence electrons. The van der Waals surface area contributed by atoms with Crippen LogP contribution in [0.4, 0.5) is 5.69 Å². The van der Waals surface area contributed by atoms with Gasteiger partial charge in [-0.05, 0) is 43.7 Å². The Balaban J connectivity index is 2.10. The highest BCUT2D eigenvalue weighted by molar-refractivity contribution is 6.34. The molecule has 1 heterocycles. The Morgan fingerprint density at radius 1 is 1.23 bits per heavy atom. The third-order valence-electron chi connectivity index (χ3n) is 7.66. The number of aliphatic hydroxyl groups is 1. The Labute approximate surface area is 212 Å². The molecule has 1 fully saturated rings. The predicted octanol–water partition coefficient (Wildman–Crippen LogP) is 4.21. The number of para-hydroxylation sites is 1. The van der Waals surface area contributed by atoms with Crippen molar-refractivity contribution < 1.29 is 24.2 Å².